The van der Waals surface area contributed by atoms with Crippen LogP contribution in [0.2, 0.25) is 0 Å². The summed E-state index contributed by atoms with van der Waals surface area (Å²) in [6, 6.07) is 32.6. The molecular formula is C18H15AuIP+. The summed E-state index contributed by atoms with van der Waals surface area (Å²) in [5, 5.41) is 4.24. The summed E-state index contributed by atoms with van der Waals surface area (Å²) >= 11 is 2.68. The summed E-state index contributed by atoms with van der Waals surface area (Å²) in [5.41, 5.74) is 0. The van der Waals surface area contributed by atoms with Gasteiger partial charge in [0, 0.05) is 22.4 Å². The van der Waals surface area contributed by atoms with Gasteiger partial charge in [-0.2, -0.15) is 0 Å². The maximum absolute atomic E-state index is 2.68. The zero-order valence-electron chi connectivity index (χ0n) is 11.3. The summed E-state index contributed by atoms with van der Waals surface area (Å²) in [6.07, 6.45) is 0. The molecule has 3 heteroatoms. The van der Waals surface area contributed by atoms with Gasteiger partial charge in [0.1, 0.15) is 15.9 Å². The van der Waals surface area contributed by atoms with E-state index >= 15 is 0 Å². The van der Waals surface area contributed by atoms with Gasteiger partial charge in [0.15, 0.2) is 26.9 Å². The van der Waals surface area contributed by atoms with Crippen molar-refractivity contribution in [1.29, 1.82) is 0 Å². The molecule has 0 saturated heterocycles. The summed E-state index contributed by atoms with van der Waals surface area (Å²) in [4.78, 5) is -1.56. The molecule has 0 aliphatic rings. The molecule has 1 radical (unpaired) electrons. The van der Waals surface area contributed by atoms with E-state index in [1.165, 1.54) is 15.9 Å². The normalized spacial score (nSPS) is 10.7. The third-order valence-corrected chi connectivity index (χ3v) is 11.4. The Morgan fingerprint density at radius 2 is 0.714 bits per heavy atom. The smallest absolute Gasteiger partial charge is 0.0620 e. The van der Waals surface area contributed by atoms with Gasteiger partial charge in [-0.3, -0.25) is 0 Å². The van der Waals surface area contributed by atoms with Crippen LogP contribution >= 0.6 is 26.9 Å². The first kappa shape index (κ1) is 16.9. The molecule has 3 aromatic carbocycles. The Labute approximate surface area is 155 Å². The maximum atomic E-state index is 2.68. The van der Waals surface area contributed by atoms with Crippen molar-refractivity contribution in [3.63, 3.8) is 0 Å². The van der Waals surface area contributed by atoms with E-state index in [0.29, 0.717) is 0 Å². The molecule has 21 heavy (non-hydrogen) atoms. The van der Waals surface area contributed by atoms with Gasteiger partial charge in [-0.05, 0) is 36.4 Å². The Hall–Kier alpha value is -0.440. The van der Waals surface area contributed by atoms with Crippen molar-refractivity contribution in [2.24, 2.45) is 0 Å². The molecule has 0 fully saturated rings. The number of hydrogen-bond acceptors (Lipinski definition) is 0. The van der Waals surface area contributed by atoms with Crippen molar-refractivity contribution in [2.45, 2.75) is 0 Å². The predicted octanol–water partition coefficient (Wildman–Crippen LogP) is 4.33. The average Bonchev–Trinajstić information content (AvgIpc) is 2.56. The van der Waals surface area contributed by atoms with Crippen molar-refractivity contribution in [3.8, 4) is 0 Å². The van der Waals surface area contributed by atoms with E-state index in [0.717, 1.165) is 0 Å². The SMILES string of the molecule is I[P+](c1ccccc1)(c1ccccc1)c1ccccc1.[Au]. The van der Waals surface area contributed by atoms with Crippen molar-refractivity contribution < 1.29 is 22.4 Å². The Morgan fingerprint density at radius 1 is 0.476 bits per heavy atom. The molecule has 0 bridgehead atoms. The monoisotopic (exact) mass is 586 g/mol. The van der Waals surface area contributed by atoms with Crippen LogP contribution in [0.4, 0.5) is 0 Å². The van der Waals surface area contributed by atoms with Gasteiger partial charge >= 0.3 is 0 Å². The van der Waals surface area contributed by atoms with Gasteiger partial charge in [0.05, 0.1) is 0 Å². The maximum Gasteiger partial charge on any atom is 0.173 e. The van der Waals surface area contributed by atoms with Crippen molar-refractivity contribution in [2.75, 3.05) is 0 Å². The quantitative estimate of drug-likeness (QED) is 0.244. The first-order chi connectivity index (χ1) is 9.82. The van der Waals surface area contributed by atoms with Gasteiger partial charge in [0.25, 0.3) is 0 Å². The third kappa shape index (κ3) is 3.49. The number of benzene rings is 3. The van der Waals surface area contributed by atoms with Crippen molar-refractivity contribution in [1.82, 2.24) is 0 Å². The molecule has 0 atom stereocenters. The molecule has 0 saturated carbocycles. The van der Waals surface area contributed by atoms with Gasteiger partial charge in [-0.15, -0.1) is 0 Å². The van der Waals surface area contributed by atoms with Crippen LogP contribution in [0, 0.1) is 0 Å². The van der Waals surface area contributed by atoms with E-state index < -0.39 is 4.90 Å². The fourth-order valence-electron chi connectivity index (χ4n) is 2.35. The van der Waals surface area contributed by atoms with Crippen LogP contribution in [-0.4, -0.2) is 0 Å². The minimum absolute atomic E-state index is 0. The second kappa shape index (κ2) is 7.71. The summed E-state index contributed by atoms with van der Waals surface area (Å²) < 4.78 is 0. The van der Waals surface area contributed by atoms with Gasteiger partial charge in [-0.25, -0.2) is 0 Å². The van der Waals surface area contributed by atoms with Crippen molar-refractivity contribution in [3.05, 3.63) is 91.0 Å². The minimum atomic E-state index is -1.56. The molecule has 0 nitrogen and oxygen atoms in total. The summed E-state index contributed by atoms with van der Waals surface area (Å²) in [6.45, 7) is 0. The van der Waals surface area contributed by atoms with E-state index in [2.05, 4.69) is 113 Å². The Kier molecular flexibility index (Phi) is 6.21. The molecule has 0 amide bonds. The Balaban J connectivity index is 0.00000161. The molecule has 3 rings (SSSR count). The first-order valence-electron chi connectivity index (χ1n) is 6.57. The van der Waals surface area contributed by atoms with Crippen LogP contribution in [0.15, 0.2) is 91.0 Å². The van der Waals surface area contributed by atoms with Gasteiger partial charge in [-0.1, -0.05) is 54.6 Å². The number of halogens is 1. The molecule has 109 valence electrons. The van der Waals surface area contributed by atoms with Crippen LogP contribution in [-0.2, 0) is 22.4 Å². The van der Waals surface area contributed by atoms with Crippen LogP contribution in [0.1, 0.15) is 0 Å². The van der Waals surface area contributed by atoms with Gasteiger partial charge in [0.2, 0.25) is 0 Å². The molecule has 0 unspecified atom stereocenters. The second-order valence-electron chi connectivity index (χ2n) is 4.60. The standard InChI is InChI=1S/C18H15IP.Au/c19-20(16-10-4-1-5-11-16,17-12-6-2-7-13-17)18-14-8-3-9-15-18;/h1-15H;/q+1;. The third-order valence-electron chi connectivity index (χ3n) is 3.34. The van der Waals surface area contributed by atoms with Gasteiger partial charge < -0.3 is 0 Å². The molecule has 0 aromatic heterocycles. The van der Waals surface area contributed by atoms with Crippen LogP contribution in [0.25, 0.3) is 0 Å². The topological polar surface area (TPSA) is 0 Å². The zero-order valence-corrected chi connectivity index (χ0v) is 16.5. The van der Waals surface area contributed by atoms with E-state index in [4.69, 9.17) is 0 Å². The van der Waals surface area contributed by atoms with E-state index in [-0.39, 0.29) is 22.4 Å². The van der Waals surface area contributed by atoms with Crippen LogP contribution in [0.3, 0.4) is 0 Å². The summed E-state index contributed by atoms with van der Waals surface area (Å²) in [5.74, 6) is 0. The fourth-order valence-corrected chi connectivity index (χ4v) is 7.89. The molecule has 0 aliphatic carbocycles. The van der Waals surface area contributed by atoms with Crippen LogP contribution in [0.5, 0.6) is 0 Å². The Morgan fingerprint density at radius 3 is 0.952 bits per heavy atom. The largest absolute Gasteiger partial charge is 0.173 e. The van der Waals surface area contributed by atoms with E-state index in [1.807, 2.05) is 0 Å². The molecule has 0 N–H and O–H groups in total. The molecule has 0 aliphatic heterocycles. The molecule has 0 heterocycles. The fraction of sp³-hybridized carbons (Fsp3) is 0. The molecule has 0 spiro atoms. The van der Waals surface area contributed by atoms with Crippen LogP contribution < -0.4 is 15.9 Å². The number of rotatable bonds is 3. The first-order valence-corrected chi connectivity index (χ1v) is 11.1. The molecular weight excluding hydrogens is 571 g/mol. The van der Waals surface area contributed by atoms with Crippen molar-refractivity contribution >= 4 is 42.9 Å². The van der Waals surface area contributed by atoms with E-state index in [1.54, 1.807) is 0 Å². The summed E-state index contributed by atoms with van der Waals surface area (Å²) in [7, 11) is 0. The Bertz CT molecular complexity index is 575. The zero-order chi connectivity index (χ0) is 13.8. The van der Waals surface area contributed by atoms with E-state index in [9.17, 15) is 0 Å². The minimum Gasteiger partial charge on any atom is -0.0620 e. The number of hydrogen-bond donors (Lipinski definition) is 0. The predicted molar refractivity (Wildman–Crippen MR) is 99.2 cm³/mol. The molecule has 3 aromatic rings. The average molecular weight is 586 g/mol. The second-order valence-corrected chi connectivity index (χ2v) is 11.7.